The summed E-state index contributed by atoms with van der Waals surface area (Å²) in [6.07, 6.45) is 0. The Balaban J connectivity index is 2.59. The third-order valence-electron chi connectivity index (χ3n) is 3.63. The van der Waals surface area contributed by atoms with Crippen LogP contribution in [-0.4, -0.2) is 18.9 Å². The van der Waals surface area contributed by atoms with E-state index in [1.165, 1.54) is 19.1 Å². The van der Waals surface area contributed by atoms with Crippen LogP contribution in [0, 0.1) is 10.1 Å². The number of para-hydroxylation sites is 2. The van der Waals surface area contributed by atoms with Gasteiger partial charge in [-0.3, -0.25) is 0 Å². The maximum Gasteiger partial charge on any atom is 0.305 e. The molecule has 0 bridgehead atoms. The van der Waals surface area contributed by atoms with E-state index >= 15 is 0 Å². The van der Waals surface area contributed by atoms with Crippen molar-refractivity contribution in [3.8, 4) is 11.3 Å². The third-order valence-corrected chi connectivity index (χ3v) is 5.34. The smallest absolute Gasteiger partial charge is 0.305 e. The van der Waals surface area contributed by atoms with Gasteiger partial charge in [-0.1, -0.05) is 37.3 Å². The fraction of sp³-hybridized carbons (Fsp3) is 0.125. The lowest BCUT2D eigenvalue weighted by molar-refractivity contribution is -0.454. The molecule has 0 aliphatic rings. The molecule has 7 heteroatoms. The molecule has 0 aliphatic carbocycles. The van der Waals surface area contributed by atoms with E-state index in [0.717, 1.165) is 0 Å². The Morgan fingerprint density at radius 3 is 2.30 bits per heavy atom. The molecule has 3 rings (SSSR count). The lowest BCUT2D eigenvalue weighted by Gasteiger charge is -2.18. The van der Waals surface area contributed by atoms with E-state index in [2.05, 4.69) is 0 Å². The highest BCUT2D eigenvalue weighted by Crippen LogP contribution is 2.27. The molecule has 0 radical (unpaired) electrons. The molecule has 0 atom stereocenters. The van der Waals surface area contributed by atoms with Crippen molar-refractivity contribution in [1.82, 2.24) is 4.73 Å². The number of hydrogen-bond acceptors (Lipinski definition) is 4. The second-order valence-electron chi connectivity index (χ2n) is 5.00. The summed E-state index contributed by atoms with van der Waals surface area (Å²) in [5, 5.41) is 12.2. The number of rotatable bonds is 3. The first-order valence-corrected chi connectivity index (χ1v) is 8.68. The zero-order valence-electron chi connectivity index (χ0n) is 12.3. The van der Waals surface area contributed by atoms with Crippen molar-refractivity contribution in [1.29, 1.82) is 0 Å². The predicted octanol–water partition coefficient (Wildman–Crippen LogP) is 2.36. The molecule has 1 aromatic heterocycles. The van der Waals surface area contributed by atoms with E-state index in [4.69, 9.17) is 0 Å². The van der Waals surface area contributed by atoms with Gasteiger partial charge in [0.05, 0.1) is 15.7 Å². The van der Waals surface area contributed by atoms with Crippen molar-refractivity contribution in [3.63, 3.8) is 0 Å². The topological polar surface area (TPSA) is 85.1 Å². The highest BCUT2D eigenvalue weighted by molar-refractivity contribution is 7.91. The number of nitrogens with zero attached hydrogens (tertiary/aromatic N) is 2. The molecular formula is C16H14N2O4S. The van der Waals surface area contributed by atoms with Crippen LogP contribution in [-0.2, 0) is 9.84 Å². The summed E-state index contributed by atoms with van der Waals surface area (Å²) in [7, 11) is -3.89. The van der Waals surface area contributed by atoms with Crippen LogP contribution in [0.2, 0.25) is 0 Å². The summed E-state index contributed by atoms with van der Waals surface area (Å²) < 4.78 is 25.7. The van der Waals surface area contributed by atoms with Crippen LogP contribution in [0.3, 0.4) is 0 Å². The maximum atomic E-state index is 12.8. The lowest BCUT2D eigenvalue weighted by atomic mass is 10.1. The van der Waals surface area contributed by atoms with Gasteiger partial charge in [-0.25, -0.2) is 8.42 Å². The molecule has 0 saturated heterocycles. The van der Waals surface area contributed by atoms with Gasteiger partial charge in [-0.05, 0) is 18.2 Å². The Morgan fingerprint density at radius 2 is 1.65 bits per heavy atom. The average Bonchev–Trinajstić information content (AvgIpc) is 2.58. The van der Waals surface area contributed by atoms with Crippen molar-refractivity contribution in [2.75, 3.05) is 5.75 Å². The standard InChI is InChI=1S/C16H14N2O4S/c1-2-23(21,22)16-15(12-8-4-3-5-9-12)17(19)13-10-6-7-11-14(13)18(16)20/h3-11H,2H2,1H3. The van der Waals surface area contributed by atoms with E-state index < -0.39 is 14.9 Å². The van der Waals surface area contributed by atoms with Gasteiger partial charge in [0, 0.05) is 11.0 Å². The third kappa shape index (κ3) is 2.39. The number of hydrogen-bond donors (Lipinski definition) is 0. The van der Waals surface area contributed by atoms with Gasteiger partial charge in [0.1, 0.15) is 5.52 Å². The van der Waals surface area contributed by atoms with Gasteiger partial charge < -0.3 is 9.94 Å². The normalized spacial score (nSPS) is 11.7. The molecule has 1 heterocycles. The van der Waals surface area contributed by atoms with Crippen LogP contribution in [0.25, 0.3) is 22.3 Å². The Hall–Kier alpha value is -2.67. The minimum absolute atomic E-state index is 0.0224. The first-order valence-electron chi connectivity index (χ1n) is 7.03. The SMILES string of the molecule is CCS(=O)(=O)c1c(-c2ccccc2)[n+](=O)c2ccccc2n1[O-]. The largest absolute Gasteiger partial charge is 0.804 e. The van der Waals surface area contributed by atoms with E-state index in [-0.39, 0.29) is 22.5 Å². The van der Waals surface area contributed by atoms with Crippen LogP contribution in [0.5, 0.6) is 0 Å². The highest BCUT2D eigenvalue weighted by atomic mass is 32.2. The van der Waals surface area contributed by atoms with Crippen LogP contribution < -0.4 is 4.43 Å². The number of sulfone groups is 1. The molecule has 23 heavy (non-hydrogen) atoms. The summed E-state index contributed by atoms with van der Waals surface area (Å²) in [6.45, 7) is 1.44. The predicted molar refractivity (Wildman–Crippen MR) is 87.2 cm³/mol. The summed E-state index contributed by atoms with van der Waals surface area (Å²) >= 11 is 0. The minimum atomic E-state index is -3.89. The summed E-state index contributed by atoms with van der Waals surface area (Å²) in [5.41, 5.74) is 0.372. The quantitative estimate of drug-likeness (QED) is 0.690. The van der Waals surface area contributed by atoms with Crippen molar-refractivity contribution >= 4 is 20.9 Å². The molecule has 118 valence electrons. The molecule has 2 aromatic carbocycles. The molecule has 0 aliphatic heterocycles. The summed E-state index contributed by atoms with van der Waals surface area (Å²) in [6, 6.07) is 14.5. The number of benzene rings is 2. The molecule has 0 unspecified atom stereocenters. The number of aromatic nitrogens is 2. The van der Waals surface area contributed by atoms with Crippen LogP contribution in [0.1, 0.15) is 6.92 Å². The molecule has 0 N–H and O–H groups in total. The van der Waals surface area contributed by atoms with E-state index in [1.54, 1.807) is 42.5 Å². The molecule has 0 fully saturated rings. The zero-order valence-corrected chi connectivity index (χ0v) is 13.2. The second-order valence-corrected chi connectivity index (χ2v) is 7.19. The Bertz CT molecular complexity index is 1040. The Morgan fingerprint density at radius 1 is 1.04 bits per heavy atom. The molecule has 6 nitrogen and oxygen atoms in total. The van der Waals surface area contributed by atoms with E-state index in [9.17, 15) is 18.5 Å². The molecule has 3 aromatic rings. The van der Waals surface area contributed by atoms with Crippen LogP contribution >= 0.6 is 0 Å². The van der Waals surface area contributed by atoms with Crippen molar-refractivity contribution in [2.24, 2.45) is 0 Å². The summed E-state index contributed by atoms with van der Waals surface area (Å²) in [4.78, 5) is 12.8. The lowest BCUT2D eigenvalue weighted by Crippen LogP contribution is -2.27. The van der Waals surface area contributed by atoms with Gasteiger partial charge in [-0.2, -0.15) is 0 Å². The zero-order chi connectivity index (χ0) is 16.6. The van der Waals surface area contributed by atoms with Gasteiger partial charge in [0.15, 0.2) is 9.84 Å². The van der Waals surface area contributed by atoms with Crippen LogP contribution in [0.15, 0.2) is 59.6 Å². The molecular weight excluding hydrogens is 316 g/mol. The van der Waals surface area contributed by atoms with E-state index in [1.807, 2.05) is 0 Å². The summed E-state index contributed by atoms with van der Waals surface area (Å²) in [5.74, 6) is -0.270. The minimum Gasteiger partial charge on any atom is -0.804 e. The van der Waals surface area contributed by atoms with Crippen LogP contribution in [0.4, 0.5) is 0 Å². The van der Waals surface area contributed by atoms with Gasteiger partial charge >= 0.3 is 5.69 Å². The van der Waals surface area contributed by atoms with Gasteiger partial charge in [0.2, 0.25) is 5.03 Å². The van der Waals surface area contributed by atoms with Gasteiger partial charge in [-0.15, -0.1) is 0 Å². The maximum absolute atomic E-state index is 12.8. The van der Waals surface area contributed by atoms with Crippen molar-refractivity contribution < 1.29 is 12.8 Å². The Labute approximate surface area is 132 Å². The first kappa shape index (κ1) is 15.2. The Kier molecular flexibility index (Phi) is 3.65. The van der Waals surface area contributed by atoms with Crippen molar-refractivity contribution in [2.45, 2.75) is 11.9 Å². The monoisotopic (exact) mass is 330 g/mol. The molecule has 0 spiro atoms. The van der Waals surface area contributed by atoms with Gasteiger partial charge in [0.25, 0.3) is 5.52 Å². The average molecular weight is 330 g/mol. The molecule has 0 amide bonds. The highest BCUT2D eigenvalue weighted by Gasteiger charge is 2.31. The fourth-order valence-electron chi connectivity index (χ4n) is 2.47. The van der Waals surface area contributed by atoms with E-state index in [0.29, 0.717) is 14.7 Å². The molecule has 0 saturated carbocycles. The van der Waals surface area contributed by atoms with Crippen molar-refractivity contribution in [3.05, 3.63) is 64.7 Å². The fourth-order valence-corrected chi connectivity index (χ4v) is 3.59. The number of fused-ring (bicyclic) bond motifs is 1. The first-order chi connectivity index (χ1) is 11.0. The second kappa shape index (κ2) is 5.51.